The fourth-order valence-corrected chi connectivity index (χ4v) is 1.74. The maximum absolute atomic E-state index is 11.9. The van der Waals surface area contributed by atoms with Crippen molar-refractivity contribution in [2.24, 2.45) is 0 Å². The normalized spacial score (nSPS) is 11.4. The number of hydrogen-bond acceptors (Lipinski definition) is 4. The van der Waals surface area contributed by atoms with Crippen LogP contribution in [0.25, 0.3) is 0 Å². The molecule has 0 aliphatic heterocycles. The number of aromatic nitrogens is 1. The number of carboxylic acids is 1. The summed E-state index contributed by atoms with van der Waals surface area (Å²) in [5.74, 6) is -1.16. The number of aliphatic carboxylic acids is 1. The van der Waals surface area contributed by atoms with Crippen LogP contribution >= 0.6 is 0 Å². The highest BCUT2D eigenvalue weighted by molar-refractivity contribution is 5.92. The first-order chi connectivity index (χ1) is 9.43. The van der Waals surface area contributed by atoms with Gasteiger partial charge in [0.2, 0.25) is 0 Å². The van der Waals surface area contributed by atoms with E-state index in [4.69, 9.17) is 10.4 Å². The van der Waals surface area contributed by atoms with Gasteiger partial charge in [0.05, 0.1) is 11.3 Å². The van der Waals surface area contributed by atoms with Crippen molar-refractivity contribution in [3.8, 4) is 6.07 Å². The number of carbonyl (C=O) groups is 2. The lowest BCUT2D eigenvalue weighted by Gasteiger charge is -2.13. The van der Waals surface area contributed by atoms with Crippen LogP contribution in [0.5, 0.6) is 0 Å². The Kier molecular flexibility index (Phi) is 5.66. The zero-order valence-electron chi connectivity index (χ0n) is 11.5. The quantitative estimate of drug-likeness (QED) is 0.821. The lowest BCUT2D eigenvalue weighted by Crippen LogP contribution is -2.33. The number of carboxylic acid groups (broad SMARTS) is 1. The lowest BCUT2D eigenvalue weighted by atomic mass is 10.1. The van der Waals surface area contributed by atoms with Crippen LogP contribution in [0.2, 0.25) is 0 Å². The van der Waals surface area contributed by atoms with Gasteiger partial charge in [0.25, 0.3) is 5.91 Å². The highest BCUT2D eigenvalue weighted by atomic mass is 16.4. The fourth-order valence-electron chi connectivity index (χ4n) is 1.74. The van der Waals surface area contributed by atoms with E-state index >= 15 is 0 Å². The summed E-state index contributed by atoms with van der Waals surface area (Å²) in [6.07, 6.45) is 1.19. The number of amides is 1. The number of nitrogens with one attached hydrogen (secondary N) is 1. The van der Waals surface area contributed by atoms with E-state index in [1.807, 2.05) is 13.0 Å². The van der Waals surface area contributed by atoms with Gasteiger partial charge in [-0.3, -0.25) is 9.59 Å². The van der Waals surface area contributed by atoms with Crippen molar-refractivity contribution in [3.63, 3.8) is 0 Å². The standard InChI is InChI=1S/C14H17N3O3/c1-9(4-3-5-13(18)19)16-14(20)12-7-6-11(8-15)10(2)17-12/h6-7,9H,3-5H2,1-2H3,(H,16,20)(H,18,19). The Balaban J connectivity index is 2.56. The number of hydrogen-bond donors (Lipinski definition) is 2. The molecule has 0 spiro atoms. The van der Waals surface area contributed by atoms with Gasteiger partial charge in [-0.25, -0.2) is 4.98 Å². The molecule has 1 amide bonds. The van der Waals surface area contributed by atoms with Crippen molar-refractivity contribution in [2.75, 3.05) is 0 Å². The first-order valence-electron chi connectivity index (χ1n) is 6.34. The van der Waals surface area contributed by atoms with E-state index in [1.165, 1.54) is 6.07 Å². The van der Waals surface area contributed by atoms with Crippen LogP contribution in [-0.2, 0) is 4.79 Å². The molecule has 0 bridgehead atoms. The SMILES string of the molecule is Cc1nc(C(=O)NC(C)CCCC(=O)O)ccc1C#N. The highest BCUT2D eigenvalue weighted by Gasteiger charge is 2.12. The number of nitrogens with zero attached hydrogens (tertiary/aromatic N) is 2. The van der Waals surface area contributed by atoms with Crippen molar-refractivity contribution < 1.29 is 14.7 Å². The maximum atomic E-state index is 11.9. The molecule has 6 nitrogen and oxygen atoms in total. The van der Waals surface area contributed by atoms with Gasteiger partial charge in [-0.05, 0) is 38.8 Å². The molecule has 1 heterocycles. The fraction of sp³-hybridized carbons (Fsp3) is 0.429. The number of aryl methyl sites for hydroxylation is 1. The summed E-state index contributed by atoms with van der Waals surface area (Å²) < 4.78 is 0. The van der Waals surface area contributed by atoms with E-state index in [0.717, 1.165) is 0 Å². The molecule has 0 saturated carbocycles. The third kappa shape index (κ3) is 4.69. The van der Waals surface area contributed by atoms with Crippen LogP contribution in [0.1, 0.15) is 47.9 Å². The molecular formula is C14H17N3O3. The zero-order chi connectivity index (χ0) is 15.1. The second-order valence-corrected chi connectivity index (χ2v) is 4.60. The summed E-state index contributed by atoms with van der Waals surface area (Å²) in [5.41, 5.74) is 1.21. The molecule has 0 aromatic carbocycles. The van der Waals surface area contributed by atoms with Gasteiger partial charge in [-0.1, -0.05) is 0 Å². The number of rotatable bonds is 6. The van der Waals surface area contributed by atoms with Gasteiger partial charge in [-0.15, -0.1) is 0 Å². The van der Waals surface area contributed by atoms with E-state index in [0.29, 0.717) is 24.1 Å². The molecule has 0 aliphatic rings. The summed E-state index contributed by atoms with van der Waals surface area (Å²) in [7, 11) is 0. The molecule has 0 saturated heterocycles. The van der Waals surface area contributed by atoms with Gasteiger partial charge >= 0.3 is 5.97 Å². The van der Waals surface area contributed by atoms with Crippen molar-refractivity contribution >= 4 is 11.9 Å². The number of carbonyl (C=O) groups excluding carboxylic acids is 1. The van der Waals surface area contributed by atoms with Crippen molar-refractivity contribution in [1.82, 2.24) is 10.3 Å². The minimum atomic E-state index is -0.840. The molecule has 1 aromatic heterocycles. The highest BCUT2D eigenvalue weighted by Crippen LogP contribution is 2.07. The lowest BCUT2D eigenvalue weighted by molar-refractivity contribution is -0.137. The first-order valence-corrected chi connectivity index (χ1v) is 6.34. The monoisotopic (exact) mass is 275 g/mol. The second-order valence-electron chi connectivity index (χ2n) is 4.60. The van der Waals surface area contributed by atoms with Crippen molar-refractivity contribution in [1.29, 1.82) is 5.26 Å². The average molecular weight is 275 g/mol. The first kappa shape index (κ1) is 15.6. The molecule has 0 fully saturated rings. The van der Waals surface area contributed by atoms with Gasteiger partial charge in [0.15, 0.2) is 0 Å². The van der Waals surface area contributed by atoms with Crippen molar-refractivity contribution in [3.05, 3.63) is 29.1 Å². The number of pyridine rings is 1. The maximum Gasteiger partial charge on any atom is 0.303 e. The molecule has 0 aliphatic carbocycles. The van der Waals surface area contributed by atoms with E-state index in [1.54, 1.807) is 13.0 Å². The molecular weight excluding hydrogens is 258 g/mol. The molecule has 2 N–H and O–H groups in total. The Bertz CT molecular complexity index is 549. The number of nitriles is 1. The molecule has 1 atom stereocenters. The summed E-state index contributed by atoms with van der Waals surface area (Å²) in [6, 6.07) is 4.93. The predicted octanol–water partition coefficient (Wildman–Crippen LogP) is 1.63. The third-order valence-electron chi connectivity index (χ3n) is 2.84. The summed E-state index contributed by atoms with van der Waals surface area (Å²) in [5, 5.41) is 20.1. The van der Waals surface area contributed by atoms with Crippen molar-refractivity contribution in [2.45, 2.75) is 39.2 Å². The van der Waals surface area contributed by atoms with E-state index < -0.39 is 5.97 Å². The van der Waals surface area contributed by atoms with E-state index in [9.17, 15) is 9.59 Å². The predicted molar refractivity (Wildman–Crippen MR) is 72.1 cm³/mol. The van der Waals surface area contributed by atoms with E-state index in [2.05, 4.69) is 10.3 Å². The Morgan fingerprint density at radius 1 is 1.50 bits per heavy atom. The van der Waals surface area contributed by atoms with Crippen LogP contribution in [0, 0.1) is 18.3 Å². The Morgan fingerprint density at radius 2 is 2.20 bits per heavy atom. The zero-order valence-corrected chi connectivity index (χ0v) is 11.5. The topological polar surface area (TPSA) is 103 Å². The van der Waals surface area contributed by atoms with Gasteiger partial charge in [0.1, 0.15) is 11.8 Å². The minimum absolute atomic E-state index is 0.0917. The van der Waals surface area contributed by atoms with Crippen LogP contribution in [0.4, 0.5) is 0 Å². The Labute approximate surface area is 117 Å². The second kappa shape index (κ2) is 7.24. The molecule has 0 radical (unpaired) electrons. The average Bonchev–Trinajstić information content (AvgIpc) is 2.38. The molecule has 1 aromatic rings. The Hall–Kier alpha value is -2.42. The molecule has 6 heteroatoms. The summed E-state index contributed by atoms with van der Waals surface area (Å²) >= 11 is 0. The minimum Gasteiger partial charge on any atom is -0.481 e. The van der Waals surface area contributed by atoms with Crippen LogP contribution in [0.3, 0.4) is 0 Å². The molecule has 1 rings (SSSR count). The Morgan fingerprint density at radius 3 is 2.75 bits per heavy atom. The van der Waals surface area contributed by atoms with Crippen LogP contribution < -0.4 is 5.32 Å². The van der Waals surface area contributed by atoms with Gasteiger partial charge in [0, 0.05) is 12.5 Å². The molecule has 20 heavy (non-hydrogen) atoms. The molecule has 1 unspecified atom stereocenters. The van der Waals surface area contributed by atoms with Gasteiger partial charge < -0.3 is 10.4 Å². The summed E-state index contributed by atoms with van der Waals surface area (Å²) in [6.45, 7) is 3.49. The van der Waals surface area contributed by atoms with Gasteiger partial charge in [-0.2, -0.15) is 5.26 Å². The van der Waals surface area contributed by atoms with E-state index in [-0.39, 0.29) is 24.1 Å². The van der Waals surface area contributed by atoms with Crippen LogP contribution in [-0.4, -0.2) is 28.0 Å². The third-order valence-corrected chi connectivity index (χ3v) is 2.84. The van der Waals surface area contributed by atoms with Crippen LogP contribution in [0.15, 0.2) is 12.1 Å². The smallest absolute Gasteiger partial charge is 0.303 e. The summed E-state index contributed by atoms with van der Waals surface area (Å²) in [4.78, 5) is 26.4. The molecule has 106 valence electrons. The largest absolute Gasteiger partial charge is 0.481 e.